The molecule has 2 aromatic rings. The van der Waals surface area contributed by atoms with Crippen LogP contribution in [0, 0.1) is 18.8 Å². The summed E-state index contributed by atoms with van der Waals surface area (Å²) in [5.41, 5.74) is 7.31. The van der Waals surface area contributed by atoms with Crippen LogP contribution >= 0.6 is 0 Å². The summed E-state index contributed by atoms with van der Waals surface area (Å²) in [6.45, 7) is 6.88. The summed E-state index contributed by atoms with van der Waals surface area (Å²) in [5, 5.41) is 0. The second-order valence-electron chi connectivity index (χ2n) is 10.6. The van der Waals surface area contributed by atoms with Crippen LogP contribution in [0.15, 0.2) is 30.5 Å². The predicted octanol–water partition coefficient (Wildman–Crippen LogP) is 5.96. The Hall–Kier alpha value is -1.09. The summed E-state index contributed by atoms with van der Waals surface area (Å²) in [7, 11) is 2.24. The molecule has 1 aromatic carbocycles. The molecule has 0 unspecified atom stereocenters. The summed E-state index contributed by atoms with van der Waals surface area (Å²) in [6, 6.07) is 9.66. The molecule has 1 aromatic heterocycles. The van der Waals surface area contributed by atoms with Gasteiger partial charge in [-0.05, 0) is 0 Å². The fourth-order valence-electron chi connectivity index (χ4n) is 4.94. The van der Waals surface area contributed by atoms with Crippen molar-refractivity contribution in [3.8, 4) is 11.3 Å². The third kappa shape index (κ3) is 5.09. The zero-order valence-electron chi connectivity index (χ0n) is 19.2. The molecule has 152 valence electrons. The van der Waals surface area contributed by atoms with Gasteiger partial charge >= 0.3 is 176 Å². The van der Waals surface area contributed by atoms with Crippen molar-refractivity contribution in [1.82, 2.24) is 0 Å². The third-order valence-electron chi connectivity index (χ3n) is 6.36. The topological polar surface area (TPSA) is 3.88 Å². The standard InChI is InChI=1S/C26H40GeN/c1-19(2)14-22-12-13-24(20(3)15-22)26-17-23(16-21-10-8-9-11-21)25(18-28(26)7)27(4,5)6/h12-13,15,17-19,21H,8-11,14,16H2,1-7H3/q+1. The molecule has 1 aliphatic rings. The average Bonchev–Trinajstić information content (AvgIpc) is 3.08. The van der Waals surface area contributed by atoms with Crippen LogP contribution in [0.25, 0.3) is 11.3 Å². The molecule has 28 heavy (non-hydrogen) atoms. The second-order valence-corrected chi connectivity index (χ2v) is 21.1. The normalized spacial score (nSPS) is 15.6. The first-order valence-electron chi connectivity index (χ1n) is 11.3. The zero-order valence-corrected chi connectivity index (χ0v) is 21.3. The van der Waals surface area contributed by atoms with Crippen molar-refractivity contribution in [1.29, 1.82) is 0 Å². The van der Waals surface area contributed by atoms with E-state index in [-0.39, 0.29) is 0 Å². The molecule has 0 spiro atoms. The third-order valence-corrected chi connectivity index (χ3v) is 10.7. The Balaban J connectivity index is 2.03. The molecule has 3 rings (SSSR count). The van der Waals surface area contributed by atoms with Gasteiger partial charge in [0.1, 0.15) is 0 Å². The van der Waals surface area contributed by atoms with E-state index in [4.69, 9.17) is 0 Å². The Labute approximate surface area is 175 Å². The molecule has 0 aliphatic heterocycles. The molecule has 1 aliphatic carbocycles. The number of nitrogens with zero attached hydrogens (tertiary/aromatic N) is 1. The van der Waals surface area contributed by atoms with E-state index in [2.05, 4.69) is 80.1 Å². The molecular weight excluding hydrogens is 399 g/mol. The summed E-state index contributed by atoms with van der Waals surface area (Å²) in [6.07, 6.45) is 10.7. The second kappa shape index (κ2) is 8.73. The molecule has 0 N–H and O–H groups in total. The van der Waals surface area contributed by atoms with E-state index in [1.54, 1.807) is 9.96 Å². The quantitative estimate of drug-likeness (QED) is 0.386. The molecule has 2 heteroatoms. The van der Waals surface area contributed by atoms with E-state index in [0.29, 0.717) is 5.92 Å². The summed E-state index contributed by atoms with van der Waals surface area (Å²) >= 11 is -1.91. The molecule has 1 saturated carbocycles. The molecule has 0 saturated heterocycles. The number of aromatic nitrogens is 1. The van der Waals surface area contributed by atoms with Gasteiger partial charge in [0, 0.05) is 0 Å². The summed E-state index contributed by atoms with van der Waals surface area (Å²) in [4.78, 5) is 0. The van der Waals surface area contributed by atoms with Crippen LogP contribution in [0.4, 0.5) is 0 Å². The Morgan fingerprint density at radius 1 is 1.07 bits per heavy atom. The predicted molar refractivity (Wildman–Crippen MR) is 125 cm³/mol. The van der Waals surface area contributed by atoms with Crippen molar-refractivity contribution in [3.05, 3.63) is 47.2 Å². The minimum atomic E-state index is -1.91. The van der Waals surface area contributed by atoms with Gasteiger partial charge in [-0.15, -0.1) is 0 Å². The maximum atomic E-state index is 2.55. The van der Waals surface area contributed by atoms with Gasteiger partial charge < -0.3 is 0 Å². The van der Waals surface area contributed by atoms with Crippen LogP contribution in [-0.2, 0) is 19.9 Å². The first-order valence-corrected chi connectivity index (χ1v) is 18.6. The van der Waals surface area contributed by atoms with Crippen molar-refractivity contribution in [2.45, 2.75) is 76.6 Å². The zero-order chi connectivity index (χ0) is 20.5. The van der Waals surface area contributed by atoms with Crippen molar-refractivity contribution in [2.75, 3.05) is 0 Å². The van der Waals surface area contributed by atoms with E-state index in [1.807, 2.05) is 0 Å². The number of pyridine rings is 1. The van der Waals surface area contributed by atoms with Gasteiger partial charge in [-0.3, -0.25) is 0 Å². The van der Waals surface area contributed by atoms with E-state index in [1.165, 1.54) is 54.5 Å². The molecule has 1 nitrogen and oxygen atoms in total. The molecule has 0 bridgehead atoms. The average molecular weight is 439 g/mol. The van der Waals surface area contributed by atoms with Crippen molar-refractivity contribution < 1.29 is 4.57 Å². The molecule has 0 radical (unpaired) electrons. The van der Waals surface area contributed by atoms with E-state index < -0.39 is 13.3 Å². The Bertz CT molecular complexity index is 823. The number of hydrogen-bond acceptors (Lipinski definition) is 0. The number of rotatable bonds is 6. The van der Waals surface area contributed by atoms with Crippen molar-refractivity contribution in [2.24, 2.45) is 18.9 Å². The fourth-order valence-corrected chi connectivity index (χ4v) is 8.55. The summed E-state index contributed by atoms with van der Waals surface area (Å²) in [5.74, 6) is 9.23. The van der Waals surface area contributed by atoms with Gasteiger partial charge in [0.2, 0.25) is 0 Å². The molecule has 0 atom stereocenters. The van der Waals surface area contributed by atoms with Crippen LogP contribution in [0.2, 0.25) is 17.3 Å². The van der Waals surface area contributed by atoms with Crippen LogP contribution in [0.1, 0.15) is 56.2 Å². The monoisotopic (exact) mass is 440 g/mol. The molecular formula is C26H40GeN+. The fraction of sp³-hybridized carbons (Fsp3) is 0.577. The van der Waals surface area contributed by atoms with E-state index in [0.717, 1.165) is 12.3 Å². The first-order chi connectivity index (χ1) is 13.1. The van der Waals surface area contributed by atoms with Crippen molar-refractivity contribution in [3.63, 3.8) is 0 Å². The van der Waals surface area contributed by atoms with E-state index in [9.17, 15) is 0 Å². The summed E-state index contributed by atoms with van der Waals surface area (Å²) < 4.78 is 4.10. The Morgan fingerprint density at radius 2 is 1.75 bits per heavy atom. The van der Waals surface area contributed by atoms with Crippen molar-refractivity contribution >= 4 is 17.7 Å². The number of benzene rings is 1. The van der Waals surface area contributed by atoms with Crippen LogP contribution in [0.5, 0.6) is 0 Å². The Morgan fingerprint density at radius 3 is 2.32 bits per heavy atom. The van der Waals surface area contributed by atoms with Gasteiger partial charge in [0.15, 0.2) is 0 Å². The minimum absolute atomic E-state index is 0.706. The molecule has 0 amide bonds. The molecule has 1 fully saturated rings. The number of aryl methyl sites for hydroxylation is 2. The van der Waals surface area contributed by atoms with Gasteiger partial charge in [0.05, 0.1) is 0 Å². The van der Waals surface area contributed by atoms with Gasteiger partial charge in [0.25, 0.3) is 0 Å². The first kappa shape index (κ1) is 21.6. The SMILES string of the molecule is Cc1cc(CC(C)C)ccc1-c1cc(CC2CCCC2)[c]([Ge]([CH3])([CH3])[CH3])c[n+]1C. The van der Waals surface area contributed by atoms with E-state index >= 15 is 0 Å². The van der Waals surface area contributed by atoms with Gasteiger partial charge in [-0.25, -0.2) is 0 Å². The van der Waals surface area contributed by atoms with Crippen LogP contribution in [-0.4, -0.2) is 13.3 Å². The molecule has 1 heterocycles. The van der Waals surface area contributed by atoms with Crippen LogP contribution in [0.3, 0.4) is 0 Å². The maximum absolute atomic E-state index is 2.55. The van der Waals surface area contributed by atoms with Gasteiger partial charge in [-0.2, -0.15) is 0 Å². The van der Waals surface area contributed by atoms with Gasteiger partial charge in [-0.1, -0.05) is 0 Å². The van der Waals surface area contributed by atoms with Crippen LogP contribution < -0.4 is 8.96 Å². The number of hydrogen-bond donors (Lipinski definition) is 0. The Kier molecular flexibility index (Phi) is 6.74.